The molecule has 1 aromatic heterocycles. The van der Waals surface area contributed by atoms with Gasteiger partial charge in [-0.05, 0) is 43.5 Å². The molecule has 164 valence electrons. The van der Waals surface area contributed by atoms with E-state index in [0.717, 1.165) is 30.3 Å². The zero-order chi connectivity index (χ0) is 21.8. The summed E-state index contributed by atoms with van der Waals surface area (Å²) in [5.41, 5.74) is 3.70. The number of carbonyl (C=O) groups excluding carboxylic acids is 1. The van der Waals surface area contributed by atoms with Gasteiger partial charge in [-0.2, -0.15) is 4.31 Å². The van der Waals surface area contributed by atoms with Gasteiger partial charge in [-0.1, -0.05) is 36.2 Å². The quantitative estimate of drug-likeness (QED) is 0.611. The fourth-order valence-electron chi connectivity index (χ4n) is 3.85. The van der Waals surface area contributed by atoms with Gasteiger partial charge in [0, 0.05) is 32.6 Å². The second-order valence-corrected chi connectivity index (χ2v) is 10.0. The minimum Gasteiger partial charge on any atom is -0.352 e. The van der Waals surface area contributed by atoms with Gasteiger partial charge in [0.1, 0.15) is 0 Å². The maximum atomic E-state index is 12.9. The van der Waals surface area contributed by atoms with Crippen molar-refractivity contribution in [1.29, 1.82) is 0 Å². The fourth-order valence-corrected chi connectivity index (χ4v) is 5.39. The number of hydrogen-bond donors (Lipinski definition) is 1. The van der Waals surface area contributed by atoms with Crippen molar-refractivity contribution in [2.45, 2.75) is 50.6 Å². The van der Waals surface area contributed by atoms with Gasteiger partial charge in [0.2, 0.25) is 15.9 Å². The predicted octanol–water partition coefficient (Wildman–Crippen LogP) is 3.23. The first-order valence-electron chi connectivity index (χ1n) is 10.7. The molecule has 1 aliphatic heterocycles. The number of imidazole rings is 1. The van der Waals surface area contributed by atoms with E-state index >= 15 is 0 Å². The Morgan fingerprint density at radius 2 is 1.81 bits per heavy atom. The van der Waals surface area contributed by atoms with Crippen molar-refractivity contribution in [1.82, 2.24) is 19.2 Å². The first kappa shape index (κ1) is 21.5. The number of rotatable bonds is 7. The van der Waals surface area contributed by atoms with Crippen molar-refractivity contribution in [2.75, 3.05) is 13.1 Å². The standard InChI is InChI=1S/C23H28N4O3S/c1-18-5-7-19(8-6-18)16-24-23(28)11-14-26-17-25-21-15-20(9-10-22(21)26)31(29,30)27-12-3-2-4-13-27/h5-10,15,17H,2-4,11-14,16H2,1H3,(H,24,28). The summed E-state index contributed by atoms with van der Waals surface area (Å²) in [5.74, 6) is -0.0354. The number of amides is 1. The van der Waals surface area contributed by atoms with Crippen LogP contribution in [0.2, 0.25) is 0 Å². The largest absolute Gasteiger partial charge is 0.352 e. The average molecular weight is 441 g/mol. The van der Waals surface area contributed by atoms with Crippen molar-refractivity contribution in [2.24, 2.45) is 0 Å². The van der Waals surface area contributed by atoms with E-state index in [4.69, 9.17) is 0 Å². The summed E-state index contributed by atoms with van der Waals surface area (Å²) < 4.78 is 29.2. The van der Waals surface area contributed by atoms with Crippen LogP contribution in [-0.4, -0.2) is 41.3 Å². The summed E-state index contributed by atoms with van der Waals surface area (Å²) >= 11 is 0. The van der Waals surface area contributed by atoms with Crippen LogP contribution < -0.4 is 5.32 Å². The van der Waals surface area contributed by atoms with E-state index < -0.39 is 10.0 Å². The molecule has 0 saturated carbocycles. The van der Waals surface area contributed by atoms with E-state index in [-0.39, 0.29) is 10.8 Å². The van der Waals surface area contributed by atoms with Crippen molar-refractivity contribution < 1.29 is 13.2 Å². The van der Waals surface area contributed by atoms with Crippen LogP contribution in [0.3, 0.4) is 0 Å². The fraction of sp³-hybridized carbons (Fsp3) is 0.391. The average Bonchev–Trinajstić information content (AvgIpc) is 3.20. The molecule has 7 nitrogen and oxygen atoms in total. The first-order valence-corrected chi connectivity index (χ1v) is 12.1. The van der Waals surface area contributed by atoms with E-state index in [1.807, 2.05) is 35.8 Å². The Kier molecular flexibility index (Phi) is 6.38. The topological polar surface area (TPSA) is 84.3 Å². The lowest BCUT2D eigenvalue weighted by Crippen LogP contribution is -2.35. The Morgan fingerprint density at radius 3 is 2.55 bits per heavy atom. The highest BCUT2D eigenvalue weighted by molar-refractivity contribution is 7.89. The maximum Gasteiger partial charge on any atom is 0.243 e. The molecule has 0 aliphatic carbocycles. The zero-order valence-corrected chi connectivity index (χ0v) is 18.6. The molecular weight excluding hydrogens is 412 g/mol. The molecule has 31 heavy (non-hydrogen) atoms. The minimum absolute atomic E-state index is 0.0354. The number of aryl methyl sites for hydroxylation is 2. The molecule has 0 atom stereocenters. The summed E-state index contributed by atoms with van der Waals surface area (Å²) in [4.78, 5) is 16.9. The highest BCUT2D eigenvalue weighted by Crippen LogP contribution is 2.24. The first-order chi connectivity index (χ1) is 14.9. The van der Waals surface area contributed by atoms with Crippen molar-refractivity contribution in [3.05, 3.63) is 59.9 Å². The summed E-state index contributed by atoms with van der Waals surface area (Å²) in [6, 6.07) is 13.1. The number of nitrogens with one attached hydrogen (secondary N) is 1. The van der Waals surface area contributed by atoms with Gasteiger partial charge >= 0.3 is 0 Å². The Morgan fingerprint density at radius 1 is 1.06 bits per heavy atom. The van der Waals surface area contributed by atoms with E-state index in [1.54, 1.807) is 28.8 Å². The van der Waals surface area contributed by atoms with Gasteiger partial charge in [0.25, 0.3) is 0 Å². The summed E-state index contributed by atoms with van der Waals surface area (Å²) in [6.07, 6.45) is 4.87. The number of benzene rings is 2. The van der Waals surface area contributed by atoms with Gasteiger partial charge in [-0.3, -0.25) is 4.79 Å². The molecule has 1 amide bonds. The molecule has 1 fully saturated rings. The molecule has 2 heterocycles. The second-order valence-electron chi connectivity index (χ2n) is 8.07. The molecule has 0 bridgehead atoms. The molecular formula is C23H28N4O3S. The second kappa shape index (κ2) is 9.20. The van der Waals surface area contributed by atoms with Crippen LogP contribution >= 0.6 is 0 Å². The van der Waals surface area contributed by atoms with Gasteiger partial charge in [-0.25, -0.2) is 13.4 Å². The number of aromatic nitrogens is 2. The Balaban J connectivity index is 1.39. The van der Waals surface area contributed by atoms with E-state index in [2.05, 4.69) is 10.3 Å². The van der Waals surface area contributed by atoms with Gasteiger partial charge in [0.15, 0.2) is 0 Å². The monoisotopic (exact) mass is 440 g/mol. The number of fused-ring (bicyclic) bond motifs is 1. The molecule has 1 aliphatic rings. The third kappa shape index (κ3) is 4.97. The Labute approximate surface area is 183 Å². The molecule has 8 heteroatoms. The zero-order valence-electron chi connectivity index (χ0n) is 17.8. The molecule has 0 radical (unpaired) electrons. The van der Waals surface area contributed by atoms with Crippen LogP contribution in [-0.2, 0) is 27.9 Å². The number of nitrogens with zero attached hydrogens (tertiary/aromatic N) is 3. The van der Waals surface area contributed by atoms with Crippen LogP contribution in [0.5, 0.6) is 0 Å². The van der Waals surface area contributed by atoms with Crippen LogP contribution in [0.25, 0.3) is 11.0 Å². The number of sulfonamides is 1. The third-order valence-electron chi connectivity index (χ3n) is 5.74. The van der Waals surface area contributed by atoms with Crippen LogP contribution in [0, 0.1) is 6.92 Å². The van der Waals surface area contributed by atoms with Gasteiger partial charge < -0.3 is 9.88 Å². The van der Waals surface area contributed by atoms with Crippen molar-refractivity contribution in [3.63, 3.8) is 0 Å². The van der Waals surface area contributed by atoms with Crippen molar-refractivity contribution >= 4 is 27.0 Å². The number of hydrogen-bond acceptors (Lipinski definition) is 4. The van der Waals surface area contributed by atoms with Gasteiger partial charge in [-0.15, -0.1) is 0 Å². The van der Waals surface area contributed by atoms with Crippen LogP contribution in [0.4, 0.5) is 0 Å². The predicted molar refractivity (Wildman–Crippen MR) is 120 cm³/mol. The van der Waals surface area contributed by atoms with E-state index in [1.165, 1.54) is 5.56 Å². The lowest BCUT2D eigenvalue weighted by Gasteiger charge is -2.25. The maximum absolute atomic E-state index is 12.9. The van der Waals surface area contributed by atoms with Crippen LogP contribution in [0.1, 0.15) is 36.8 Å². The summed E-state index contributed by atoms with van der Waals surface area (Å²) in [5, 5.41) is 2.94. The molecule has 1 saturated heterocycles. The molecule has 0 unspecified atom stereocenters. The van der Waals surface area contributed by atoms with Gasteiger partial charge in [0.05, 0.1) is 22.3 Å². The highest BCUT2D eigenvalue weighted by Gasteiger charge is 2.26. The Hall–Kier alpha value is -2.71. The lowest BCUT2D eigenvalue weighted by molar-refractivity contribution is -0.121. The summed E-state index contributed by atoms with van der Waals surface area (Å²) in [6.45, 7) is 4.17. The normalized spacial score (nSPS) is 15.3. The number of carbonyl (C=O) groups is 1. The van der Waals surface area contributed by atoms with Crippen molar-refractivity contribution in [3.8, 4) is 0 Å². The van der Waals surface area contributed by atoms with Crippen LogP contribution in [0.15, 0.2) is 53.7 Å². The lowest BCUT2D eigenvalue weighted by atomic mass is 10.1. The third-order valence-corrected chi connectivity index (χ3v) is 7.63. The SMILES string of the molecule is Cc1ccc(CNC(=O)CCn2cnc3cc(S(=O)(=O)N4CCCCC4)ccc32)cc1. The summed E-state index contributed by atoms with van der Waals surface area (Å²) in [7, 11) is -3.49. The highest BCUT2D eigenvalue weighted by atomic mass is 32.2. The molecule has 3 aromatic rings. The number of piperidine rings is 1. The molecule has 4 rings (SSSR count). The van der Waals surface area contributed by atoms with E-state index in [9.17, 15) is 13.2 Å². The molecule has 0 spiro atoms. The smallest absolute Gasteiger partial charge is 0.243 e. The van der Waals surface area contributed by atoms with E-state index in [0.29, 0.717) is 38.1 Å². The molecule has 2 aromatic carbocycles. The Bertz CT molecular complexity index is 1160. The minimum atomic E-state index is -3.49. The molecule has 1 N–H and O–H groups in total.